The Balaban J connectivity index is 1.69. The number of rotatable bonds is 4. The van der Waals surface area contributed by atoms with E-state index in [4.69, 9.17) is 5.26 Å². The van der Waals surface area contributed by atoms with Crippen LogP contribution >= 0.6 is 0 Å². The average Bonchev–Trinajstić information content (AvgIpc) is 2.52. The fraction of sp³-hybridized carbons (Fsp3) is 0.737. The molecular weight excluding hydrogens is 242 g/mol. The summed E-state index contributed by atoms with van der Waals surface area (Å²) in [4.78, 5) is 0. The summed E-state index contributed by atoms with van der Waals surface area (Å²) in [7, 11) is 0. The van der Waals surface area contributed by atoms with Crippen molar-refractivity contribution in [2.24, 2.45) is 23.7 Å². The number of nitriles is 1. The molecule has 0 bridgehead atoms. The second-order valence-corrected chi connectivity index (χ2v) is 6.74. The van der Waals surface area contributed by atoms with Crippen LogP contribution in [-0.4, -0.2) is 0 Å². The van der Waals surface area contributed by atoms with E-state index >= 15 is 0 Å². The second kappa shape index (κ2) is 8.30. The van der Waals surface area contributed by atoms with Crippen LogP contribution in [0.2, 0.25) is 0 Å². The molecule has 0 N–H and O–H groups in total. The van der Waals surface area contributed by atoms with Crippen LogP contribution < -0.4 is 0 Å². The van der Waals surface area contributed by atoms with Gasteiger partial charge in [0, 0.05) is 6.08 Å². The third kappa shape index (κ3) is 4.82. The monoisotopic (exact) mass is 271 g/mol. The molecule has 110 valence electrons. The summed E-state index contributed by atoms with van der Waals surface area (Å²) in [6.07, 6.45) is 21.0. The molecule has 1 heteroatoms. The lowest BCUT2D eigenvalue weighted by Gasteiger charge is -2.27. The standard InChI is InChI=1S/C19H29N/c1-2-16-5-7-18(8-6-16)13-14-19-11-9-17(10-12-19)4-3-15-20/h3-4,13-14,16-19H,2,5-12H2,1H3/t16-,17?,18-,19?. The molecule has 2 aliphatic carbocycles. The quantitative estimate of drug-likeness (QED) is 0.479. The minimum absolute atomic E-state index is 0.652. The highest BCUT2D eigenvalue weighted by molar-refractivity contribution is 5.05. The fourth-order valence-electron chi connectivity index (χ4n) is 3.81. The van der Waals surface area contributed by atoms with Crippen molar-refractivity contribution >= 4 is 0 Å². The van der Waals surface area contributed by atoms with E-state index in [2.05, 4.69) is 31.2 Å². The van der Waals surface area contributed by atoms with Crippen LogP contribution in [0.25, 0.3) is 0 Å². The normalized spacial score (nSPS) is 35.4. The molecule has 0 amide bonds. The third-order valence-corrected chi connectivity index (χ3v) is 5.38. The summed E-state index contributed by atoms with van der Waals surface area (Å²) in [5.74, 6) is 3.31. The van der Waals surface area contributed by atoms with E-state index in [1.165, 1.54) is 57.8 Å². The predicted octanol–water partition coefficient (Wildman–Crippen LogP) is 5.65. The van der Waals surface area contributed by atoms with Gasteiger partial charge >= 0.3 is 0 Å². The molecule has 0 aromatic rings. The number of nitrogens with zero attached hydrogens (tertiary/aromatic N) is 1. The Morgan fingerprint density at radius 2 is 1.25 bits per heavy atom. The zero-order valence-corrected chi connectivity index (χ0v) is 12.9. The summed E-state index contributed by atoms with van der Waals surface area (Å²) in [5.41, 5.74) is 0. The van der Waals surface area contributed by atoms with Crippen LogP contribution in [0.4, 0.5) is 0 Å². The first-order valence-corrected chi connectivity index (χ1v) is 8.56. The topological polar surface area (TPSA) is 23.8 Å². The first-order chi connectivity index (χ1) is 9.81. The molecule has 0 aromatic carbocycles. The van der Waals surface area contributed by atoms with Crippen molar-refractivity contribution in [3.8, 4) is 6.07 Å². The lowest BCUT2D eigenvalue weighted by molar-refractivity contribution is 0.301. The smallest absolute Gasteiger partial charge is 0.0908 e. The first kappa shape index (κ1) is 15.4. The van der Waals surface area contributed by atoms with Crippen LogP contribution in [0.3, 0.4) is 0 Å². The van der Waals surface area contributed by atoms with E-state index in [9.17, 15) is 0 Å². The van der Waals surface area contributed by atoms with Crippen LogP contribution in [0.15, 0.2) is 24.3 Å². The van der Waals surface area contributed by atoms with Gasteiger partial charge in [-0.15, -0.1) is 0 Å². The van der Waals surface area contributed by atoms with Gasteiger partial charge in [-0.2, -0.15) is 5.26 Å². The van der Waals surface area contributed by atoms with Gasteiger partial charge in [-0.1, -0.05) is 31.6 Å². The molecule has 2 aliphatic rings. The Labute approximate surface area is 124 Å². The summed E-state index contributed by atoms with van der Waals surface area (Å²) >= 11 is 0. The number of allylic oxidation sites excluding steroid dienone is 4. The third-order valence-electron chi connectivity index (χ3n) is 5.38. The van der Waals surface area contributed by atoms with Gasteiger partial charge in [0.25, 0.3) is 0 Å². The molecule has 0 aliphatic heterocycles. The van der Waals surface area contributed by atoms with Gasteiger partial charge in [0.1, 0.15) is 0 Å². The molecule has 2 saturated carbocycles. The van der Waals surface area contributed by atoms with Crippen molar-refractivity contribution in [1.29, 1.82) is 5.26 Å². The molecule has 0 saturated heterocycles. The molecule has 0 aromatic heterocycles. The Hall–Kier alpha value is -1.03. The summed E-state index contributed by atoms with van der Waals surface area (Å²) in [6, 6.07) is 2.11. The molecule has 1 nitrogen and oxygen atoms in total. The van der Waals surface area contributed by atoms with Gasteiger partial charge in [-0.05, 0) is 75.0 Å². The minimum Gasteiger partial charge on any atom is -0.193 e. The lowest BCUT2D eigenvalue weighted by Crippen LogP contribution is -2.14. The highest BCUT2D eigenvalue weighted by atomic mass is 14.3. The fourth-order valence-corrected chi connectivity index (χ4v) is 3.81. The van der Waals surface area contributed by atoms with Crippen LogP contribution in [0.5, 0.6) is 0 Å². The highest BCUT2D eigenvalue weighted by Crippen LogP contribution is 2.34. The lowest BCUT2D eigenvalue weighted by atomic mass is 9.78. The Bertz CT molecular complexity index is 358. The largest absolute Gasteiger partial charge is 0.193 e. The van der Waals surface area contributed by atoms with Gasteiger partial charge in [0.05, 0.1) is 6.07 Å². The van der Waals surface area contributed by atoms with Crippen molar-refractivity contribution in [3.63, 3.8) is 0 Å². The van der Waals surface area contributed by atoms with Gasteiger partial charge < -0.3 is 0 Å². The van der Waals surface area contributed by atoms with Crippen molar-refractivity contribution in [1.82, 2.24) is 0 Å². The van der Waals surface area contributed by atoms with Gasteiger partial charge in [0.15, 0.2) is 0 Å². The SMILES string of the molecule is CC[C@H]1CC[C@H](C=CC2CCC(C=CC#N)CC2)CC1. The van der Waals surface area contributed by atoms with Crippen LogP contribution in [-0.2, 0) is 0 Å². The second-order valence-electron chi connectivity index (χ2n) is 6.74. The van der Waals surface area contributed by atoms with Crippen LogP contribution in [0, 0.1) is 35.0 Å². The first-order valence-electron chi connectivity index (χ1n) is 8.56. The zero-order valence-electron chi connectivity index (χ0n) is 12.9. The maximum atomic E-state index is 8.57. The summed E-state index contributed by atoms with van der Waals surface area (Å²) < 4.78 is 0. The highest BCUT2D eigenvalue weighted by Gasteiger charge is 2.20. The van der Waals surface area contributed by atoms with Crippen molar-refractivity contribution < 1.29 is 0 Å². The Morgan fingerprint density at radius 3 is 1.70 bits per heavy atom. The molecular formula is C19H29N. The molecule has 2 rings (SSSR count). The Morgan fingerprint density at radius 1 is 0.800 bits per heavy atom. The molecule has 0 atom stereocenters. The van der Waals surface area contributed by atoms with Gasteiger partial charge in [0.2, 0.25) is 0 Å². The Kier molecular flexibility index (Phi) is 6.37. The van der Waals surface area contributed by atoms with Gasteiger partial charge in [-0.3, -0.25) is 0 Å². The van der Waals surface area contributed by atoms with E-state index in [0.717, 1.165) is 17.8 Å². The maximum absolute atomic E-state index is 8.57. The summed E-state index contributed by atoms with van der Waals surface area (Å²) in [6.45, 7) is 2.33. The van der Waals surface area contributed by atoms with Gasteiger partial charge in [-0.25, -0.2) is 0 Å². The molecule has 0 heterocycles. The zero-order chi connectivity index (χ0) is 14.2. The maximum Gasteiger partial charge on any atom is 0.0908 e. The number of hydrogen-bond acceptors (Lipinski definition) is 1. The number of hydrogen-bond donors (Lipinski definition) is 0. The van der Waals surface area contributed by atoms with E-state index in [-0.39, 0.29) is 0 Å². The van der Waals surface area contributed by atoms with Crippen molar-refractivity contribution in [2.45, 2.75) is 64.7 Å². The molecule has 0 unspecified atom stereocenters. The molecule has 20 heavy (non-hydrogen) atoms. The van der Waals surface area contributed by atoms with E-state index in [1.54, 1.807) is 6.08 Å². The average molecular weight is 271 g/mol. The molecule has 2 fully saturated rings. The summed E-state index contributed by atoms with van der Waals surface area (Å²) in [5, 5.41) is 8.57. The van der Waals surface area contributed by atoms with E-state index in [1.807, 2.05) is 0 Å². The predicted molar refractivity (Wildman–Crippen MR) is 85.1 cm³/mol. The van der Waals surface area contributed by atoms with Crippen molar-refractivity contribution in [2.75, 3.05) is 0 Å². The van der Waals surface area contributed by atoms with Crippen LogP contribution in [0.1, 0.15) is 64.7 Å². The molecule has 0 radical (unpaired) electrons. The minimum atomic E-state index is 0.652. The van der Waals surface area contributed by atoms with E-state index < -0.39 is 0 Å². The van der Waals surface area contributed by atoms with E-state index in [0.29, 0.717) is 5.92 Å². The van der Waals surface area contributed by atoms with Crippen molar-refractivity contribution in [3.05, 3.63) is 24.3 Å². The molecule has 0 spiro atoms.